The maximum absolute atomic E-state index is 5.85. The fraction of sp³-hybridized carbons (Fsp3) is 1.00. The Bertz CT molecular complexity index is 223. The molecule has 0 amide bonds. The summed E-state index contributed by atoms with van der Waals surface area (Å²) in [6.07, 6.45) is 4.18. The van der Waals surface area contributed by atoms with Gasteiger partial charge in [-0.2, -0.15) is 0 Å². The molecule has 2 aliphatic rings. The van der Waals surface area contributed by atoms with Gasteiger partial charge in [-0.15, -0.1) is 0 Å². The second-order valence-corrected chi connectivity index (χ2v) is 6.09. The van der Waals surface area contributed by atoms with Gasteiger partial charge in [0.15, 0.2) is 0 Å². The van der Waals surface area contributed by atoms with Crippen LogP contribution in [0.2, 0.25) is 0 Å². The topological polar surface area (TPSA) is 29.3 Å². The zero-order valence-electron chi connectivity index (χ0n) is 10.5. The van der Waals surface area contributed by atoms with Crippen LogP contribution >= 0.6 is 0 Å². The molecule has 2 rings (SSSR count). The van der Waals surface area contributed by atoms with Crippen LogP contribution in [0, 0.1) is 17.3 Å². The summed E-state index contributed by atoms with van der Waals surface area (Å²) >= 11 is 0. The molecule has 1 saturated heterocycles. The third-order valence-corrected chi connectivity index (χ3v) is 5.04. The summed E-state index contributed by atoms with van der Waals surface area (Å²) in [5.41, 5.74) is 6.48. The van der Waals surface area contributed by atoms with Crippen molar-refractivity contribution in [3.05, 3.63) is 0 Å². The first-order chi connectivity index (χ1) is 7.07. The van der Waals surface area contributed by atoms with Gasteiger partial charge in [-0.1, -0.05) is 13.8 Å². The third kappa shape index (κ3) is 2.21. The summed E-state index contributed by atoms with van der Waals surface area (Å²) in [4.78, 5) is 2.69. The second-order valence-electron chi connectivity index (χ2n) is 6.09. The summed E-state index contributed by atoms with van der Waals surface area (Å²) in [5.74, 6) is 1.55. The summed E-state index contributed by atoms with van der Waals surface area (Å²) in [6, 6.07) is 0.763. The van der Waals surface area contributed by atoms with Crippen LogP contribution in [0.15, 0.2) is 0 Å². The third-order valence-electron chi connectivity index (χ3n) is 5.04. The highest BCUT2D eigenvalue weighted by molar-refractivity contribution is 4.99. The van der Waals surface area contributed by atoms with Gasteiger partial charge < -0.3 is 5.73 Å². The predicted octanol–water partition coefficient (Wildman–Crippen LogP) is 2.09. The minimum absolute atomic E-state index is 0.625. The Morgan fingerprint density at radius 3 is 2.67 bits per heavy atom. The minimum atomic E-state index is 0.625. The van der Waals surface area contributed by atoms with E-state index in [0.29, 0.717) is 5.41 Å². The van der Waals surface area contributed by atoms with E-state index in [-0.39, 0.29) is 0 Å². The van der Waals surface area contributed by atoms with Crippen LogP contribution in [0.1, 0.15) is 40.0 Å². The summed E-state index contributed by atoms with van der Waals surface area (Å²) in [5, 5.41) is 0. The molecule has 2 fully saturated rings. The Morgan fingerprint density at radius 1 is 1.47 bits per heavy atom. The van der Waals surface area contributed by atoms with Crippen molar-refractivity contribution in [1.29, 1.82) is 0 Å². The first-order valence-corrected chi connectivity index (χ1v) is 6.51. The average molecular weight is 210 g/mol. The van der Waals surface area contributed by atoms with Crippen molar-refractivity contribution in [3.8, 4) is 0 Å². The van der Waals surface area contributed by atoms with Crippen LogP contribution < -0.4 is 5.73 Å². The molecule has 0 radical (unpaired) electrons. The Morgan fingerprint density at radius 2 is 2.13 bits per heavy atom. The molecule has 88 valence electrons. The average Bonchev–Trinajstić information content (AvgIpc) is 2.97. The number of likely N-dealkylation sites (tertiary alicyclic amines) is 1. The Balaban J connectivity index is 1.93. The molecule has 0 bridgehead atoms. The van der Waals surface area contributed by atoms with Crippen molar-refractivity contribution in [2.45, 2.75) is 46.1 Å². The number of hydrogen-bond acceptors (Lipinski definition) is 2. The van der Waals surface area contributed by atoms with Gasteiger partial charge in [-0.05, 0) is 56.5 Å². The van der Waals surface area contributed by atoms with E-state index in [1.807, 2.05) is 0 Å². The summed E-state index contributed by atoms with van der Waals surface area (Å²) < 4.78 is 0. The van der Waals surface area contributed by atoms with Crippen LogP contribution in [0.5, 0.6) is 0 Å². The predicted molar refractivity (Wildman–Crippen MR) is 64.7 cm³/mol. The lowest BCUT2D eigenvalue weighted by Crippen LogP contribution is -2.48. The molecule has 0 aromatic carbocycles. The fourth-order valence-corrected chi connectivity index (χ4v) is 2.89. The molecule has 2 nitrogen and oxygen atoms in total. The maximum Gasteiger partial charge on any atom is 0.0121 e. The van der Waals surface area contributed by atoms with Crippen LogP contribution in [0.25, 0.3) is 0 Å². The van der Waals surface area contributed by atoms with E-state index in [1.165, 1.54) is 32.4 Å². The first-order valence-electron chi connectivity index (χ1n) is 6.51. The molecule has 1 heterocycles. The Labute approximate surface area is 94.2 Å². The lowest BCUT2D eigenvalue weighted by molar-refractivity contribution is 0.0681. The standard InChI is InChI=1S/C13H26N2/c1-10-4-7-15(9-12(10)8-14)11(2)13(3)5-6-13/h10-12H,4-9,14H2,1-3H3. The molecule has 1 aliphatic heterocycles. The van der Waals surface area contributed by atoms with E-state index in [1.54, 1.807) is 0 Å². The van der Waals surface area contributed by atoms with Gasteiger partial charge in [0.05, 0.1) is 0 Å². The zero-order chi connectivity index (χ0) is 11.1. The van der Waals surface area contributed by atoms with Gasteiger partial charge in [0, 0.05) is 12.6 Å². The molecule has 2 heteroatoms. The quantitative estimate of drug-likeness (QED) is 0.773. The molecule has 2 N–H and O–H groups in total. The smallest absolute Gasteiger partial charge is 0.0121 e. The van der Waals surface area contributed by atoms with Crippen LogP contribution in [0.3, 0.4) is 0 Å². The van der Waals surface area contributed by atoms with Crippen LogP contribution in [-0.4, -0.2) is 30.6 Å². The van der Waals surface area contributed by atoms with Gasteiger partial charge in [-0.3, -0.25) is 4.90 Å². The number of nitrogens with zero attached hydrogens (tertiary/aromatic N) is 1. The van der Waals surface area contributed by atoms with E-state index < -0.39 is 0 Å². The summed E-state index contributed by atoms with van der Waals surface area (Å²) in [6.45, 7) is 10.6. The molecule has 0 aromatic rings. The molecule has 0 spiro atoms. The van der Waals surface area contributed by atoms with Gasteiger partial charge >= 0.3 is 0 Å². The van der Waals surface area contributed by atoms with Crippen molar-refractivity contribution < 1.29 is 0 Å². The van der Waals surface area contributed by atoms with E-state index in [4.69, 9.17) is 5.73 Å². The zero-order valence-corrected chi connectivity index (χ0v) is 10.5. The van der Waals surface area contributed by atoms with Crippen molar-refractivity contribution in [1.82, 2.24) is 4.90 Å². The van der Waals surface area contributed by atoms with E-state index in [2.05, 4.69) is 25.7 Å². The molecule has 15 heavy (non-hydrogen) atoms. The Kier molecular flexibility index (Phi) is 3.09. The molecular weight excluding hydrogens is 184 g/mol. The maximum atomic E-state index is 5.85. The van der Waals surface area contributed by atoms with Gasteiger partial charge in [-0.25, -0.2) is 0 Å². The van der Waals surface area contributed by atoms with E-state index in [9.17, 15) is 0 Å². The number of rotatable bonds is 3. The van der Waals surface area contributed by atoms with Gasteiger partial charge in [0.2, 0.25) is 0 Å². The highest BCUT2D eigenvalue weighted by Crippen LogP contribution is 2.50. The van der Waals surface area contributed by atoms with Gasteiger partial charge in [0.25, 0.3) is 0 Å². The van der Waals surface area contributed by atoms with Crippen LogP contribution in [-0.2, 0) is 0 Å². The monoisotopic (exact) mass is 210 g/mol. The first kappa shape index (κ1) is 11.4. The van der Waals surface area contributed by atoms with Crippen molar-refractivity contribution in [2.24, 2.45) is 23.0 Å². The second kappa shape index (κ2) is 4.06. The van der Waals surface area contributed by atoms with Crippen molar-refractivity contribution >= 4 is 0 Å². The number of hydrogen-bond donors (Lipinski definition) is 1. The van der Waals surface area contributed by atoms with Crippen molar-refractivity contribution in [3.63, 3.8) is 0 Å². The number of nitrogens with two attached hydrogens (primary N) is 1. The normalized spacial score (nSPS) is 37.6. The number of piperidine rings is 1. The van der Waals surface area contributed by atoms with Gasteiger partial charge in [0.1, 0.15) is 0 Å². The summed E-state index contributed by atoms with van der Waals surface area (Å²) in [7, 11) is 0. The van der Waals surface area contributed by atoms with E-state index >= 15 is 0 Å². The molecule has 3 unspecified atom stereocenters. The largest absolute Gasteiger partial charge is 0.330 e. The molecule has 3 atom stereocenters. The highest BCUT2D eigenvalue weighted by atomic mass is 15.2. The molecule has 1 aliphatic carbocycles. The molecule has 0 aromatic heterocycles. The highest BCUT2D eigenvalue weighted by Gasteiger charge is 2.45. The lowest BCUT2D eigenvalue weighted by Gasteiger charge is -2.42. The fourth-order valence-electron chi connectivity index (χ4n) is 2.89. The van der Waals surface area contributed by atoms with Crippen LogP contribution in [0.4, 0.5) is 0 Å². The Hall–Kier alpha value is -0.0800. The lowest BCUT2D eigenvalue weighted by atomic mass is 9.85. The minimum Gasteiger partial charge on any atom is -0.330 e. The van der Waals surface area contributed by atoms with E-state index in [0.717, 1.165) is 24.4 Å². The molecular formula is C13H26N2. The van der Waals surface area contributed by atoms with Crippen molar-refractivity contribution in [2.75, 3.05) is 19.6 Å². The SMILES string of the molecule is CC1CCN(C(C)C2(C)CC2)CC1CN. The molecule has 1 saturated carbocycles.